The molecule has 0 aromatic carbocycles. The third-order valence-electron chi connectivity index (χ3n) is 2.71. The van der Waals surface area contributed by atoms with Crippen molar-refractivity contribution in [3.63, 3.8) is 0 Å². The second-order valence-corrected chi connectivity index (χ2v) is 7.59. The average molecular weight is 304 g/mol. The van der Waals surface area contributed by atoms with Crippen molar-refractivity contribution >= 4 is 27.3 Å². The highest BCUT2D eigenvalue weighted by atomic mass is 79.9. The van der Waals surface area contributed by atoms with Crippen molar-refractivity contribution in [2.24, 2.45) is 5.41 Å². The summed E-state index contributed by atoms with van der Waals surface area (Å²) in [6, 6.07) is 4.37. The fourth-order valence-electron chi connectivity index (χ4n) is 1.64. The number of hydrogen-bond acceptors (Lipinski definition) is 2. The van der Waals surface area contributed by atoms with Crippen LogP contribution in [0, 0.1) is 5.41 Å². The predicted molar refractivity (Wildman–Crippen MR) is 77.3 cm³/mol. The molecule has 0 aliphatic carbocycles. The smallest absolute Gasteiger partial charge is 0.0701 e. The van der Waals surface area contributed by atoms with Gasteiger partial charge in [-0.25, -0.2) is 0 Å². The van der Waals surface area contributed by atoms with Crippen molar-refractivity contribution < 1.29 is 0 Å². The highest BCUT2D eigenvalue weighted by Crippen LogP contribution is 2.27. The van der Waals surface area contributed by atoms with E-state index in [1.807, 2.05) is 11.3 Å². The maximum Gasteiger partial charge on any atom is 0.0701 e. The van der Waals surface area contributed by atoms with Crippen molar-refractivity contribution in [2.45, 2.75) is 40.0 Å². The van der Waals surface area contributed by atoms with Crippen LogP contribution >= 0.6 is 27.3 Å². The fourth-order valence-corrected chi connectivity index (χ4v) is 3.12. The molecular weight excluding hydrogens is 282 g/mol. The van der Waals surface area contributed by atoms with Crippen LogP contribution in [0.4, 0.5) is 0 Å². The van der Waals surface area contributed by atoms with E-state index in [1.54, 1.807) is 0 Å². The molecule has 0 bridgehead atoms. The fraction of sp³-hybridized carbons (Fsp3) is 0.692. The monoisotopic (exact) mass is 303 g/mol. The lowest BCUT2D eigenvalue weighted by molar-refractivity contribution is 0.316. The number of thiophene rings is 1. The number of rotatable bonds is 7. The van der Waals surface area contributed by atoms with Crippen molar-refractivity contribution in [1.29, 1.82) is 0 Å². The van der Waals surface area contributed by atoms with E-state index in [-0.39, 0.29) is 0 Å². The van der Waals surface area contributed by atoms with Crippen LogP contribution in [0.2, 0.25) is 0 Å². The van der Waals surface area contributed by atoms with Gasteiger partial charge in [0.1, 0.15) is 0 Å². The quantitative estimate of drug-likeness (QED) is 0.733. The van der Waals surface area contributed by atoms with Crippen molar-refractivity contribution in [1.82, 2.24) is 5.32 Å². The van der Waals surface area contributed by atoms with Crippen LogP contribution in [-0.4, -0.2) is 13.1 Å². The Bertz CT molecular complexity index is 307. The van der Waals surface area contributed by atoms with E-state index in [2.05, 4.69) is 54.2 Å². The highest BCUT2D eigenvalue weighted by molar-refractivity contribution is 9.11. The van der Waals surface area contributed by atoms with Gasteiger partial charge in [-0.2, -0.15) is 0 Å². The van der Waals surface area contributed by atoms with Gasteiger partial charge >= 0.3 is 0 Å². The number of halogens is 1. The summed E-state index contributed by atoms with van der Waals surface area (Å²) in [5.74, 6) is 0. The Morgan fingerprint density at radius 1 is 1.38 bits per heavy atom. The molecule has 0 aliphatic rings. The third-order valence-corrected chi connectivity index (χ3v) is 4.39. The molecule has 1 N–H and O–H groups in total. The zero-order chi connectivity index (χ0) is 12.0. The minimum atomic E-state index is 0.394. The van der Waals surface area contributed by atoms with Crippen LogP contribution in [0.5, 0.6) is 0 Å². The zero-order valence-corrected chi connectivity index (χ0v) is 12.9. The second-order valence-electron chi connectivity index (χ2n) is 5.05. The topological polar surface area (TPSA) is 12.0 Å². The standard InChI is InChI=1S/C13H22BrNS/c1-4-9-15-10-13(2,3)8-7-11-5-6-12(14)16-11/h5-6,15H,4,7-10H2,1-3H3. The molecule has 0 radical (unpaired) electrons. The molecule has 0 spiro atoms. The summed E-state index contributed by atoms with van der Waals surface area (Å²) >= 11 is 5.36. The molecular formula is C13H22BrNS. The largest absolute Gasteiger partial charge is 0.316 e. The number of hydrogen-bond donors (Lipinski definition) is 1. The van der Waals surface area contributed by atoms with Gasteiger partial charge in [-0.3, -0.25) is 0 Å². The summed E-state index contributed by atoms with van der Waals surface area (Å²) < 4.78 is 1.24. The van der Waals surface area contributed by atoms with E-state index in [1.165, 1.54) is 27.9 Å². The lowest BCUT2D eigenvalue weighted by atomic mass is 9.87. The van der Waals surface area contributed by atoms with Gasteiger partial charge in [0.25, 0.3) is 0 Å². The molecule has 0 atom stereocenters. The maximum atomic E-state index is 3.51. The first kappa shape index (κ1) is 14.2. The Labute approximate surface area is 112 Å². The van der Waals surface area contributed by atoms with E-state index in [9.17, 15) is 0 Å². The molecule has 0 fully saturated rings. The van der Waals surface area contributed by atoms with Crippen LogP contribution in [0.25, 0.3) is 0 Å². The normalized spacial score (nSPS) is 12.0. The molecule has 1 nitrogen and oxygen atoms in total. The first-order chi connectivity index (χ1) is 7.53. The summed E-state index contributed by atoms with van der Waals surface area (Å²) in [6.07, 6.45) is 3.65. The Morgan fingerprint density at radius 3 is 2.69 bits per heavy atom. The number of nitrogens with one attached hydrogen (secondary N) is 1. The van der Waals surface area contributed by atoms with Gasteiger partial charge < -0.3 is 5.32 Å². The first-order valence-electron chi connectivity index (χ1n) is 5.98. The Kier molecular flexibility index (Phi) is 6.01. The lowest BCUT2D eigenvalue weighted by Crippen LogP contribution is -2.30. The van der Waals surface area contributed by atoms with Crippen LogP contribution in [0.3, 0.4) is 0 Å². The van der Waals surface area contributed by atoms with Gasteiger partial charge in [0.05, 0.1) is 3.79 Å². The molecule has 0 amide bonds. The average Bonchev–Trinajstić information content (AvgIpc) is 2.62. The van der Waals surface area contributed by atoms with Gasteiger partial charge in [0.15, 0.2) is 0 Å². The van der Waals surface area contributed by atoms with Gasteiger partial charge in [-0.15, -0.1) is 11.3 Å². The van der Waals surface area contributed by atoms with Gasteiger partial charge in [0.2, 0.25) is 0 Å². The molecule has 1 heterocycles. The molecule has 0 aliphatic heterocycles. The van der Waals surface area contributed by atoms with Crippen LogP contribution in [0.1, 0.15) is 38.5 Å². The Balaban J connectivity index is 2.29. The van der Waals surface area contributed by atoms with Crippen LogP contribution in [0.15, 0.2) is 15.9 Å². The van der Waals surface area contributed by atoms with Crippen molar-refractivity contribution in [3.8, 4) is 0 Å². The molecule has 0 saturated heterocycles. The molecule has 3 heteroatoms. The number of aryl methyl sites for hydroxylation is 1. The van der Waals surface area contributed by atoms with E-state index < -0.39 is 0 Å². The molecule has 0 unspecified atom stereocenters. The third kappa shape index (κ3) is 5.46. The molecule has 92 valence electrons. The van der Waals surface area contributed by atoms with Gasteiger partial charge in [-0.1, -0.05) is 20.8 Å². The predicted octanol–water partition coefficient (Wildman–Crippen LogP) is 4.47. The van der Waals surface area contributed by atoms with Gasteiger partial charge in [-0.05, 0) is 59.3 Å². The molecule has 1 rings (SSSR count). The highest BCUT2D eigenvalue weighted by Gasteiger charge is 2.17. The summed E-state index contributed by atoms with van der Waals surface area (Å²) in [6.45, 7) is 9.15. The summed E-state index contributed by atoms with van der Waals surface area (Å²) in [5.41, 5.74) is 0.394. The van der Waals surface area contributed by atoms with Crippen molar-refractivity contribution in [2.75, 3.05) is 13.1 Å². The second kappa shape index (κ2) is 6.77. The van der Waals surface area contributed by atoms with Crippen LogP contribution < -0.4 is 5.32 Å². The van der Waals surface area contributed by atoms with E-state index >= 15 is 0 Å². The minimum absolute atomic E-state index is 0.394. The minimum Gasteiger partial charge on any atom is -0.316 e. The summed E-state index contributed by atoms with van der Waals surface area (Å²) in [5, 5.41) is 3.51. The molecule has 16 heavy (non-hydrogen) atoms. The van der Waals surface area contributed by atoms with Gasteiger partial charge in [0, 0.05) is 11.4 Å². The zero-order valence-electron chi connectivity index (χ0n) is 10.5. The lowest BCUT2D eigenvalue weighted by Gasteiger charge is -2.24. The Morgan fingerprint density at radius 2 is 2.12 bits per heavy atom. The van der Waals surface area contributed by atoms with Crippen molar-refractivity contribution in [3.05, 3.63) is 20.8 Å². The molecule has 0 saturated carbocycles. The molecule has 1 aromatic heterocycles. The van der Waals surface area contributed by atoms with Crippen LogP contribution in [-0.2, 0) is 6.42 Å². The summed E-state index contributed by atoms with van der Waals surface area (Å²) in [4.78, 5) is 1.48. The van der Waals surface area contributed by atoms with E-state index in [4.69, 9.17) is 0 Å². The maximum absolute atomic E-state index is 3.51. The summed E-state index contributed by atoms with van der Waals surface area (Å²) in [7, 11) is 0. The Hall–Kier alpha value is 0.140. The van der Waals surface area contributed by atoms with E-state index in [0.717, 1.165) is 13.1 Å². The van der Waals surface area contributed by atoms with E-state index in [0.29, 0.717) is 5.41 Å². The molecule has 1 aromatic rings. The SMILES string of the molecule is CCCNCC(C)(C)CCc1ccc(Br)s1. The first-order valence-corrected chi connectivity index (χ1v) is 7.59.